The zero-order valence-corrected chi connectivity index (χ0v) is 7.13. The van der Waals surface area contributed by atoms with Crippen molar-refractivity contribution in [2.24, 2.45) is 0 Å². The SMILES string of the molecule is [CH]1C/C=C\C/C=C\CCCC1. The van der Waals surface area contributed by atoms with Crippen LogP contribution in [0.3, 0.4) is 0 Å². The van der Waals surface area contributed by atoms with Crippen LogP contribution in [-0.4, -0.2) is 0 Å². The molecular weight excluding hydrogens is 132 g/mol. The molecule has 0 N–H and O–H groups in total. The summed E-state index contributed by atoms with van der Waals surface area (Å²) in [5.74, 6) is 0. The van der Waals surface area contributed by atoms with Crippen LogP contribution in [0.15, 0.2) is 24.3 Å². The molecule has 0 aromatic heterocycles. The molecule has 0 atom stereocenters. The van der Waals surface area contributed by atoms with Gasteiger partial charge in [0.15, 0.2) is 0 Å². The van der Waals surface area contributed by atoms with Crippen LogP contribution in [0.25, 0.3) is 0 Å². The number of hydrogen-bond acceptors (Lipinski definition) is 0. The molecule has 0 aliphatic heterocycles. The van der Waals surface area contributed by atoms with Gasteiger partial charge >= 0.3 is 0 Å². The predicted octanol–water partition coefficient (Wildman–Crippen LogP) is 3.66. The number of hydrogen-bond donors (Lipinski definition) is 0. The fourth-order valence-electron chi connectivity index (χ4n) is 1.25. The van der Waals surface area contributed by atoms with Gasteiger partial charge in [-0.25, -0.2) is 0 Å². The summed E-state index contributed by atoms with van der Waals surface area (Å²) < 4.78 is 0. The third-order valence-electron chi connectivity index (χ3n) is 1.94. The zero-order valence-electron chi connectivity index (χ0n) is 7.13. The molecule has 0 aromatic rings. The first kappa shape index (κ1) is 8.58. The zero-order chi connectivity index (χ0) is 7.78. The lowest BCUT2D eigenvalue weighted by Crippen LogP contribution is -1.76. The van der Waals surface area contributed by atoms with Gasteiger partial charge < -0.3 is 0 Å². The summed E-state index contributed by atoms with van der Waals surface area (Å²) in [6, 6.07) is 0. The minimum Gasteiger partial charge on any atom is -0.0882 e. The second-order valence-corrected chi connectivity index (χ2v) is 2.99. The lowest BCUT2D eigenvalue weighted by atomic mass is 10.1. The third-order valence-corrected chi connectivity index (χ3v) is 1.94. The molecule has 1 aliphatic carbocycles. The molecular formula is C11H17. The van der Waals surface area contributed by atoms with Gasteiger partial charge in [-0.1, -0.05) is 30.7 Å². The summed E-state index contributed by atoms with van der Waals surface area (Å²) in [4.78, 5) is 0. The Morgan fingerprint density at radius 3 is 2.36 bits per heavy atom. The fourth-order valence-corrected chi connectivity index (χ4v) is 1.25. The molecule has 1 radical (unpaired) electrons. The first-order chi connectivity index (χ1) is 5.50. The number of allylic oxidation sites excluding steroid dienone is 4. The minimum absolute atomic E-state index is 1.12. The maximum Gasteiger partial charge on any atom is -0.0169 e. The van der Waals surface area contributed by atoms with Crippen molar-refractivity contribution in [3.05, 3.63) is 30.7 Å². The van der Waals surface area contributed by atoms with Crippen molar-refractivity contribution in [2.45, 2.75) is 38.5 Å². The Hall–Kier alpha value is -0.520. The van der Waals surface area contributed by atoms with Crippen LogP contribution in [0.5, 0.6) is 0 Å². The van der Waals surface area contributed by atoms with E-state index in [0.29, 0.717) is 0 Å². The average molecular weight is 149 g/mol. The fraction of sp³-hybridized carbons (Fsp3) is 0.545. The maximum atomic E-state index is 2.38. The Morgan fingerprint density at radius 1 is 0.636 bits per heavy atom. The van der Waals surface area contributed by atoms with Crippen LogP contribution in [0.4, 0.5) is 0 Å². The van der Waals surface area contributed by atoms with Gasteiger partial charge in [-0.05, 0) is 38.5 Å². The minimum atomic E-state index is 1.12. The van der Waals surface area contributed by atoms with Crippen molar-refractivity contribution >= 4 is 0 Å². The monoisotopic (exact) mass is 149 g/mol. The summed E-state index contributed by atoms with van der Waals surface area (Å²) in [6.07, 6.45) is 19.0. The molecule has 0 nitrogen and oxygen atoms in total. The molecule has 0 fully saturated rings. The van der Waals surface area contributed by atoms with E-state index in [9.17, 15) is 0 Å². The first-order valence-electron chi connectivity index (χ1n) is 4.62. The summed E-state index contributed by atoms with van der Waals surface area (Å²) in [6.45, 7) is 0. The van der Waals surface area contributed by atoms with Gasteiger partial charge in [0.25, 0.3) is 0 Å². The van der Waals surface area contributed by atoms with Gasteiger partial charge in [0, 0.05) is 0 Å². The van der Waals surface area contributed by atoms with Gasteiger partial charge in [-0.3, -0.25) is 0 Å². The largest absolute Gasteiger partial charge is 0.0882 e. The summed E-state index contributed by atoms with van der Waals surface area (Å²) >= 11 is 0. The molecule has 0 heterocycles. The quantitative estimate of drug-likeness (QED) is 0.461. The topological polar surface area (TPSA) is 0 Å². The van der Waals surface area contributed by atoms with Crippen LogP contribution in [0.2, 0.25) is 0 Å². The predicted molar refractivity (Wildman–Crippen MR) is 50.3 cm³/mol. The molecule has 61 valence electrons. The van der Waals surface area contributed by atoms with E-state index in [2.05, 4.69) is 30.7 Å². The second kappa shape index (κ2) is 6.21. The lowest BCUT2D eigenvalue weighted by Gasteiger charge is -1.94. The highest BCUT2D eigenvalue weighted by Crippen LogP contribution is 2.07. The Bertz CT molecular complexity index is 115. The van der Waals surface area contributed by atoms with Gasteiger partial charge in [-0.15, -0.1) is 0 Å². The van der Waals surface area contributed by atoms with Gasteiger partial charge in [0.1, 0.15) is 0 Å². The molecule has 0 bridgehead atoms. The van der Waals surface area contributed by atoms with E-state index in [1.807, 2.05) is 0 Å². The molecule has 0 aromatic carbocycles. The van der Waals surface area contributed by atoms with Crippen LogP contribution in [0.1, 0.15) is 38.5 Å². The highest BCUT2D eigenvalue weighted by molar-refractivity contribution is 4.95. The normalized spacial score (nSPS) is 26.9. The lowest BCUT2D eigenvalue weighted by molar-refractivity contribution is 0.731. The molecule has 0 saturated heterocycles. The smallest absolute Gasteiger partial charge is 0.0169 e. The molecule has 0 amide bonds. The van der Waals surface area contributed by atoms with Crippen molar-refractivity contribution in [1.29, 1.82) is 0 Å². The molecule has 11 heavy (non-hydrogen) atoms. The molecule has 0 saturated carbocycles. The first-order valence-corrected chi connectivity index (χ1v) is 4.62. The highest BCUT2D eigenvalue weighted by Gasteiger charge is 1.88. The number of rotatable bonds is 0. The Kier molecular flexibility index (Phi) is 4.84. The van der Waals surface area contributed by atoms with E-state index >= 15 is 0 Å². The van der Waals surface area contributed by atoms with E-state index < -0.39 is 0 Å². The van der Waals surface area contributed by atoms with Gasteiger partial charge in [0.2, 0.25) is 0 Å². The molecule has 1 aliphatic rings. The van der Waals surface area contributed by atoms with Crippen LogP contribution < -0.4 is 0 Å². The molecule has 0 unspecified atom stereocenters. The summed E-state index contributed by atoms with van der Waals surface area (Å²) in [7, 11) is 0. The maximum absolute atomic E-state index is 2.38. The van der Waals surface area contributed by atoms with E-state index in [-0.39, 0.29) is 0 Å². The summed E-state index contributed by atoms with van der Waals surface area (Å²) in [5, 5.41) is 0. The molecule has 0 spiro atoms. The van der Waals surface area contributed by atoms with Gasteiger partial charge in [-0.2, -0.15) is 0 Å². The van der Waals surface area contributed by atoms with Crippen LogP contribution in [0, 0.1) is 6.42 Å². The summed E-state index contributed by atoms with van der Waals surface area (Å²) in [5.41, 5.74) is 0. The highest BCUT2D eigenvalue weighted by atomic mass is 13.9. The standard InChI is InChI=1S/C11H17/c1-2-4-6-8-10-11-9-7-5-3-1/h1-2,5-7H,3-4,8-11H2/b2-1-,7-5-. The van der Waals surface area contributed by atoms with Gasteiger partial charge in [0.05, 0.1) is 0 Å². The van der Waals surface area contributed by atoms with Crippen molar-refractivity contribution in [3.63, 3.8) is 0 Å². The van der Waals surface area contributed by atoms with Crippen molar-refractivity contribution in [3.8, 4) is 0 Å². The van der Waals surface area contributed by atoms with Crippen molar-refractivity contribution < 1.29 is 0 Å². The average Bonchev–Trinajstić information content (AvgIpc) is 2.08. The Labute approximate surface area is 70.0 Å². The van der Waals surface area contributed by atoms with E-state index in [0.717, 1.165) is 12.8 Å². The van der Waals surface area contributed by atoms with Crippen molar-refractivity contribution in [1.82, 2.24) is 0 Å². The van der Waals surface area contributed by atoms with E-state index in [1.54, 1.807) is 0 Å². The molecule has 0 heteroatoms. The van der Waals surface area contributed by atoms with Crippen LogP contribution >= 0.6 is 0 Å². The Morgan fingerprint density at radius 2 is 1.36 bits per heavy atom. The van der Waals surface area contributed by atoms with E-state index in [4.69, 9.17) is 0 Å². The third kappa shape index (κ3) is 4.83. The van der Waals surface area contributed by atoms with E-state index in [1.165, 1.54) is 25.7 Å². The molecule has 1 rings (SSSR count). The van der Waals surface area contributed by atoms with Crippen molar-refractivity contribution in [2.75, 3.05) is 0 Å². The Balaban J connectivity index is 2.22. The van der Waals surface area contributed by atoms with Crippen LogP contribution in [-0.2, 0) is 0 Å². The second-order valence-electron chi connectivity index (χ2n) is 2.99.